The Bertz CT molecular complexity index is 69.5. The van der Waals surface area contributed by atoms with Crippen molar-refractivity contribution in [1.82, 2.24) is 0 Å². The number of rotatable bonds is 0. The van der Waals surface area contributed by atoms with Crippen molar-refractivity contribution in [3.8, 4) is 0 Å². The molecule has 0 aromatic carbocycles. The van der Waals surface area contributed by atoms with Crippen LogP contribution in [0.25, 0.3) is 0 Å². The van der Waals surface area contributed by atoms with Gasteiger partial charge in [-0.25, -0.2) is 0 Å². The molecule has 0 fully saturated rings. The van der Waals surface area contributed by atoms with Gasteiger partial charge in [0.25, 0.3) is 0 Å². The molecule has 0 aromatic heterocycles. The maximum absolute atomic E-state index is 5.48. The molecule has 0 N–H and O–H groups in total. The number of alkyl halides is 3. The van der Waals surface area contributed by atoms with Crippen molar-refractivity contribution in [3.63, 3.8) is 0 Å². The van der Waals surface area contributed by atoms with Crippen LogP contribution in [-0.2, 0) is 0 Å². The molecule has 0 nitrogen and oxygen atoms in total. The van der Waals surface area contributed by atoms with Gasteiger partial charge in [0, 0.05) is 0 Å². The third kappa shape index (κ3) is 3.89. The average Bonchev–Trinajstić information content (AvgIpc) is 1.25. The molecule has 0 bridgehead atoms. The van der Waals surface area contributed by atoms with Gasteiger partial charge in [0.2, 0.25) is 0 Å². The van der Waals surface area contributed by atoms with Crippen molar-refractivity contribution in [2.75, 3.05) is 0 Å². The molecule has 0 aliphatic carbocycles. The summed E-state index contributed by atoms with van der Waals surface area (Å²) >= 11 is 26.1. The molecule has 0 spiro atoms. The molecule has 0 heterocycles. The first-order chi connectivity index (χ1) is 3.25. The molecule has 8 heavy (non-hydrogen) atoms. The first-order valence-electron chi connectivity index (χ1n) is 1.38. The van der Waals surface area contributed by atoms with Gasteiger partial charge in [0.15, 0.2) is 0 Å². The Morgan fingerprint density at radius 2 is 1.12 bits per heavy atom. The molecule has 0 aromatic rings. The maximum atomic E-state index is 5.48. The Morgan fingerprint density at radius 1 is 1.00 bits per heavy atom. The van der Waals surface area contributed by atoms with Gasteiger partial charge in [-0.05, 0) is 0 Å². The van der Waals surface area contributed by atoms with Crippen LogP contribution in [0.4, 0.5) is 0 Å². The van der Waals surface area contributed by atoms with Gasteiger partial charge in [0.1, 0.15) is 0 Å². The van der Waals surface area contributed by atoms with Gasteiger partial charge in [-0.15, -0.1) is 0 Å². The third-order valence-corrected chi connectivity index (χ3v) is 26.0. The Kier molecular flexibility index (Phi) is 4.75. The summed E-state index contributed by atoms with van der Waals surface area (Å²) in [6.45, 7) is 0. The van der Waals surface area contributed by atoms with E-state index in [1.807, 2.05) is 0 Å². The van der Waals surface area contributed by atoms with Crippen molar-refractivity contribution in [2.45, 2.75) is 2.63 Å². The van der Waals surface area contributed by atoms with Crippen LogP contribution in [0.3, 0.4) is 0 Å². The molecule has 0 aliphatic rings. The zero-order valence-electron chi connectivity index (χ0n) is 3.27. The van der Waals surface area contributed by atoms with Crippen molar-refractivity contribution < 1.29 is 0 Å². The van der Waals surface area contributed by atoms with Crippen LogP contribution in [0.2, 0.25) is 0 Å². The summed E-state index contributed by atoms with van der Waals surface area (Å²) in [7, 11) is -2.58. The first-order valence-corrected chi connectivity index (χ1v) is 18.3. The molecule has 0 aliphatic heterocycles. The van der Waals surface area contributed by atoms with Crippen LogP contribution in [0.5, 0.6) is 0 Å². The fourth-order valence-corrected chi connectivity index (χ4v) is 0. The van der Waals surface area contributed by atoms with E-state index < -0.39 is 10.4 Å². The standard InChI is InChI=1S/CBr3Cl3Ge/c2-8(3,4)1(5,6)7. The minimum absolute atomic E-state index is 1.21. The molecule has 0 unspecified atom stereocenters. The van der Waals surface area contributed by atoms with E-state index in [1.54, 1.807) is 0 Å². The van der Waals surface area contributed by atoms with Crippen LogP contribution in [0.1, 0.15) is 0 Å². The van der Waals surface area contributed by atoms with Gasteiger partial charge in [0.05, 0.1) is 0 Å². The Labute approximate surface area is 85.8 Å². The predicted octanol–water partition coefficient (Wildman–Crippen LogP) is 4.02. The van der Waals surface area contributed by atoms with Crippen molar-refractivity contribution in [3.05, 3.63) is 0 Å². The van der Waals surface area contributed by atoms with Gasteiger partial charge in [-0.1, -0.05) is 0 Å². The van der Waals surface area contributed by atoms with Crippen LogP contribution >= 0.6 is 76.8 Å². The molecule has 0 rings (SSSR count). The molecule has 0 saturated heterocycles. The van der Waals surface area contributed by atoms with Crippen LogP contribution in [0, 0.1) is 0 Å². The Morgan fingerprint density at radius 3 is 1.12 bits per heavy atom. The van der Waals surface area contributed by atoms with Crippen molar-refractivity contribution >= 4 is 84.6 Å². The Balaban J connectivity index is 4.02. The number of hydrogen-bond donors (Lipinski definition) is 0. The summed E-state index contributed by atoms with van der Waals surface area (Å²) in [5.41, 5.74) is 0. The second-order valence-electron chi connectivity index (χ2n) is 0.996. The third-order valence-electron chi connectivity index (χ3n) is 0.321. The topological polar surface area (TPSA) is 0 Å². The summed E-state index contributed by atoms with van der Waals surface area (Å²) in [6.07, 6.45) is 0. The molecule has 7 heteroatoms. The SMILES string of the molecule is Cl[C](Cl)(Cl)[Ge]([Br])([Br])[Br]. The first kappa shape index (κ1) is 10.9. The van der Waals surface area contributed by atoms with Gasteiger partial charge in [-0.2, -0.15) is 0 Å². The summed E-state index contributed by atoms with van der Waals surface area (Å²) in [4.78, 5) is 0. The summed E-state index contributed by atoms with van der Waals surface area (Å²) in [5.74, 6) is 0. The second-order valence-corrected chi connectivity index (χ2v) is 44.1. The molecule has 50 valence electrons. The molecular weight excluding hydrogens is 431 g/mol. The van der Waals surface area contributed by atoms with E-state index in [1.165, 1.54) is 0 Å². The van der Waals surface area contributed by atoms with Crippen molar-refractivity contribution in [2.24, 2.45) is 0 Å². The minimum atomic E-state index is -2.58. The predicted molar refractivity (Wildman–Crippen MR) is 52.8 cm³/mol. The second kappa shape index (κ2) is 3.50. The molecule has 0 amide bonds. The fourth-order valence-electron chi connectivity index (χ4n) is 0. The average molecular weight is 431 g/mol. The Hall–Kier alpha value is 2.85. The molecule has 0 radical (unpaired) electrons. The quantitative estimate of drug-likeness (QED) is 0.402. The van der Waals surface area contributed by atoms with E-state index >= 15 is 0 Å². The molecular formula is CBr3Cl3Ge. The van der Waals surface area contributed by atoms with E-state index in [0.29, 0.717) is 0 Å². The van der Waals surface area contributed by atoms with E-state index in [4.69, 9.17) is 34.8 Å². The van der Waals surface area contributed by atoms with Crippen molar-refractivity contribution in [1.29, 1.82) is 0 Å². The summed E-state index contributed by atoms with van der Waals surface area (Å²) < 4.78 is -1.21. The van der Waals surface area contributed by atoms with E-state index in [2.05, 4.69) is 42.0 Å². The summed E-state index contributed by atoms with van der Waals surface area (Å²) in [5, 5.41) is 0. The monoisotopic (exact) mass is 428 g/mol. The number of hydrogen-bond acceptors (Lipinski definition) is 0. The van der Waals surface area contributed by atoms with Gasteiger partial charge >= 0.3 is 87.2 Å². The zero-order valence-corrected chi connectivity index (χ0v) is 12.4. The van der Waals surface area contributed by atoms with E-state index in [9.17, 15) is 0 Å². The molecule has 0 saturated carbocycles. The molecule has 0 atom stereocenters. The summed E-state index contributed by atoms with van der Waals surface area (Å²) in [6, 6.07) is 0. The van der Waals surface area contributed by atoms with Gasteiger partial charge in [-0.3, -0.25) is 0 Å². The fraction of sp³-hybridized carbons (Fsp3) is 1.00. The zero-order chi connectivity index (χ0) is 7.00. The van der Waals surface area contributed by atoms with Crippen LogP contribution in [0.15, 0.2) is 0 Å². The van der Waals surface area contributed by atoms with Crippen LogP contribution < -0.4 is 0 Å². The number of halogens is 6. The van der Waals surface area contributed by atoms with Gasteiger partial charge < -0.3 is 0 Å². The van der Waals surface area contributed by atoms with Crippen LogP contribution in [-0.4, -0.2) is 10.4 Å². The van der Waals surface area contributed by atoms with E-state index in [0.717, 1.165) is 0 Å². The van der Waals surface area contributed by atoms with E-state index in [-0.39, 0.29) is 0 Å². The normalized spacial score (nSPS) is 14.2.